The third kappa shape index (κ3) is 3.95. The van der Waals surface area contributed by atoms with Crippen molar-refractivity contribution < 1.29 is 17.9 Å². The van der Waals surface area contributed by atoms with Gasteiger partial charge in [-0.05, 0) is 24.3 Å². The molecule has 0 aliphatic heterocycles. The number of hydrogen-bond acceptors (Lipinski definition) is 6. The number of methoxy groups -OCH3 is 1. The lowest BCUT2D eigenvalue weighted by Crippen LogP contribution is -2.19. The van der Waals surface area contributed by atoms with Crippen molar-refractivity contribution in [2.45, 2.75) is 11.4 Å². The van der Waals surface area contributed by atoms with Crippen LogP contribution in [0.4, 0.5) is 0 Å². The van der Waals surface area contributed by atoms with Crippen LogP contribution in [0.2, 0.25) is 5.02 Å². The molecule has 2 heterocycles. The highest BCUT2D eigenvalue weighted by atomic mass is 35.5. The second-order valence-electron chi connectivity index (χ2n) is 6.59. The van der Waals surface area contributed by atoms with E-state index < -0.39 is 15.7 Å². The number of hydrogen-bond donors (Lipinski definition) is 0. The zero-order valence-corrected chi connectivity index (χ0v) is 19.3. The largest absolute Gasteiger partial charge is 0.383 e. The lowest BCUT2D eigenvalue weighted by Gasteiger charge is -2.05. The lowest BCUT2D eigenvalue weighted by atomic mass is 10.2. The van der Waals surface area contributed by atoms with Gasteiger partial charge in [-0.3, -0.25) is 4.79 Å². The molecule has 0 radical (unpaired) electrons. The van der Waals surface area contributed by atoms with Crippen LogP contribution in [0.25, 0.3) is 20.3 Å². The Balaban J connectivity index is 1.87. The average Bonchev–Trinajstić information content (AvgIpc) is 3.22. The first-order chi connectivity index (χ1) is 14.3. The van der Waals surface area contributed by atoms with Gasteiger partial charge in [0.1, 0.15) is 4.88 Å². The topological polar surface area (TPSA) is 77.7 Å². The van der Waals surface area contributed by atoms with Gasteiger partial charge in [0.15, 0.2) is 14.6 Å². The molecule has 0 fully saturated rings. The van der Waals surface area contributed by atoms with Crippen molar-refractivity contribution in [3.63, 3.8) is 0 Å². The van der Waals surface area contributed by atoms with Gasteiger partial charge in [-0.2, -0.15) is 4.99 Å². The SMILES string of the molecule is COCCn1c(=NC(=O)c2sc3ccccc3c2Cl)sc2cc(S(C)(=O)=O)ccc21. The number of benzene rings is 2. The monoisotopic (exact) mass is 480 g/mol. The van der Waals surface area contributed by atoms with E-state index in [-0.39, 0.29) is 4.90 Å². The number of aromatic nitrogens is 1. The summed E-state index contributed by atoms with van der Waals surface area (Å²) in [5.41, 5.74) is 0.790. The van der Waals surface area contributed by atoms with Gasteiger partial charge >= 0.3 is 0 Å². The minimum atomic E-state index is -3.34. The predicted molar refractivity (Wildman–Crippen MR) is 122 cm³/mol. The predicted octanol–water partition coefficient (Wildman–Crippen LogP) is 4.36. The number of sulfone groups is 1. The summed E-state index contributed by atoms with van der Waals surface area (Å²) in [5, 5.41) is 1.22. The quantitative estimate of drug-likeness (QED) is 0.425. The lowest BCUT2D eigenvalue weighted by molar-refractivity contribution is 0.100. The van der Waals surface area contributed by atoms with Crippen LogP contribution in [0.3, 0.4) is 0 Å². The van der Waals surface area contributed by atoms with Gasteiger partial charge in [0.25, 0.3) is 5.91 Å². The van der Waals surface area contributed by atoms with Crippen molar-refractivity contribution in [3.05, 3.63) is 57.2 Å². The van der Waals surface area contributed by atoms with Gasteiger partial charge in [-0.25, -0.2) is 8.42 Å². The zero-order chi connectivity index (χ0) is 21.5. The van der Waals surface area contributed by atoms with Crippen molar-refractivity contribution in [2.24, 2.45) is 4.99 Å². The molecule has 0 spiro atoms. The second kappa shape index (κ2) is 8.24. The molecule has 0 aliphatic carbocycles. The van der Waals surface area contributed by atoms with Crippen molar-refractivity contribution in [2.75, 3.05) is 20.0 Å². The number of nitrogens with zero attached hydrogens (tertiary/aromatic N) is 2. The molecule has 156 valence electrons. The minimum absolute atomic E-state index is 0.223. The number of thiophene rings is 1. The molecule has 2 aromatic carbocycles. The number of rotatable bonds is 5. The maximum atomic E-state index is 13.0. The first kappa shape index (κ1) is 21.2. The van der Waals surface area contributed by atoms with Crippen LogP contribution in [-0.4, -0.2) is 38.9 Å². The van der Waals surface area contributed by atoms with Crippen LogP contribution in [0.1, 0.15) is 9.67 Å². The molecule has 4 rings (SSSR count). The zero-order valence-electron chi connectivity index (χ0n) is 16.1. The summed E-state index contributed by atoms with van der Waals surface area (Å²) in [6.45, 7) is 0.895. The van der Waals surface area contributed by atoms with E-state index in [1.807, 2.05) is 28.8 Å². The van der Waals surface area contributed by atoms with Crippen LogP contribution in [0, 0.1) is 0 Å². The molecule has 0 atom stereocenters. The molecule has 0 bridgehead atoms. The van der Waals surface area contributed by atoms with Crippen LogP contribution < -0.4 is 4.80 Å². The Morgan fingerprint density at radius 3 is 2.63 bits per heavy atom. The first-order valence-corrected chi connectivity index (χ1v) is 12.8. The van der Waals surface area contributed by atoms with E-state index in [1.165, 1.54) is 28.9 Å². The Bertz CT molecular complexity index is 1450. The van der Waals surface area contributed by atoms with Gasteiger partial charge in [-0.1, -0.05) is 41.1 Å². The number of halogens is 1. The summed E-state index contributed by atoms with van der Waals surface area (Å²) in [6.07, 6.45) is 1.17. The molecular weight excluding hydrogens is 464 g/mol. The van der Waals surface area contributed by atoms with Gasteiger partial charge < -0.3 is 9.30 Å². The Morgan fingerprint density at radius 1 is 1.17 bits per heavy atom. The van der Waals surface area contributed by atoms with E-state index in [2.05, 4.69) is 4.99 Å². The number of amides is 1. The maximum absolute atomic E-state index is 13.0. The van der Waals surface area contributed by atoms with E-state index >= 15 is 0 Å². The van der Waals surface area contributed by atoms with Gasteiger partial charge in [0, 0.05) is 30.0 Å². The second-order valence-corrected chi connectivity index (χ2v) is 11.0. The molecule has 10 heteroatoms. The molecule has 4 aromatic rings. The summed E-state index contributed by atoms with van der Waals surface area (Å²) in [6, 6.07) is 12.4. The molecule has 0 N–H and O–H groups in total. The Kier molecular flexibility index (Phi) is 5.82. The summed E-state index contributed by atoms with van der Waals surface area (Å²) in [4.78, 5) is 18.4. The number of ether oxygens (including phenoxy) is 1. The molecule has 2 aromatic heterocycles. The third-order valence-electron chi connectivity index (χ3n) is 4.53. The van der Waals surface area contributed by atoms with Crippen LogP contribution in [0.5, 0.6) is 0 Å². The molecule has 30 heavy (non-hydrogen) atoms. The molecule has 6 nitrogen and oxygen atoms in total. The minimum Gasteiger partial charge on any atom is -0.383 e. The standard InChI is InChI=1S/C20H17ClN2O4S3/c1-27-10-9-23-14-8-7-12(30(2,25)26)11-16(14)29-20(23)22-19(24)18-17(21)13-5-3-4-6-15(13)28-18/h3-8,11H,9-10H2,1-2H3. The molecular formula is C20H17ClN2O4S3. The van der Waals surface area contributed by atoms with Crippen molar-refractivity contribution >= 4 is 70.3 Å². The van der Waals surface area contributed by atoms with Crippen LogP contribution >= 0.6 is 34.3 Å². The van der Waals surface area contributed by atoms with Crippen molar-refractivity contribution in [1.29, 1.82) is 0 Å². The molecule has 0 unspecified atom stereocenters. The molecule has 1 amide bonds. The van der Waals surface area contributed by atoms with E-state index in [0.717, 1.165) is 20.3 Å². The Hall–Kier alpha value is -2.04. The normalized spacial score (nSPS) is 12.8. The van der Waals surface area contributed by atoms with Gasteiger partial charge in [-0.15, -0.1) is 11.3 Å². The number of carbonyl (C=O) groups is 1. The Labute approximate surface area is 185 Å². The smallest absolute Gasteiger partial charge is 0.291 e. The fourth-order valence-corrected chi connectivity index (χ4v) is 6.27. The fraction of sp³-hybridized carbons (Fsp3) is 0.200. The van der Waals surface area contributed by atoms with E-state index in [9.17, 15) is 13.2 Å². The highest BCUT2D eigenvalue weighted by Crippen LogP contribution is 2.35. The summed E-state index contributed by atoms with van der Waals surface area (Å²) in [5.74, 6) is -0.428. The molecule has 0 saturated carbocycles. The van der Waals surface area contributed by atoms with Crippen molar-refractivity contribution in [1.82, 2.24) is 4.57 Å². The summed E-state index contributed by atoms with van der Waals surface area (Å²) < 4.78 is 32.5. The van der Waals surface area contributed by atoms with E-state index in [4.69, 9.17) is 16.3 Å². The third-order valence-corrected chi connectivity index (χ3v) is 8.34. The first-order valence-electron chi connectivity index (χ1n) is 8.88. The van der Waals surface area contributed by atoms with E-state index in [0.29, 0.717) is 27.9 Å². The molecule has 0 saturated heterocycles. The Morgan fingerprint density at radius 2 is 1.93 bits per heavy atom. The van der Waals surface area contributed by atoms with Crippen LogP contribution in [0.15, 0.2) is 52.4 Å². The highest BCUT2D eigenvalue weighted by Gasteiger charge is 2.18. The van der Waals surface area contributed by atoms with Crippen LogP contribution in [-0.2, 0) is 21.1 Å². The number of thiazole rings is 1. The maximum Gasteiger partial charge on any atom is 0.291 e. The van der Waals surface area contributed by atoms with Gasteiger partial charge in [0.05, 0.1) is 26.7 Å². The highest BCUT2D eigenvalue weighted by molar-refractivity contribution is 7.90. The average molecular weight is 481 g/mol. The number of carbonyl (C=O) groups excluding carboxylic acids is 1. The molecule has 0 aliphatic rings. The fourth-order valence-electron chi connectivity index (χ4n) is 3.06. The summed E-state index contributed by atoms with van der Waals surface area (Å²) in [7, 11) is -1.75. The van der Waals surface area contributed by atoms with E-state index in [1.54, 1.807) is 25.3 Å². The summed E-state index contributed by atoms with van der Waals surface area (Å²) >= 11 is 8.99. The van der Waals surface area contributed by atoms with Gasteiger partial charge in [0.2, 0.25) is 0 Å². The van der Waals surface area contributed by atoms with Crippen molar-refractivity contribution in [3.8, 4) is 0 Å². The number of fused-ring (bicyclic) bond motifs is 2.